The molecule has 8 bridgehead atoms. The van der Waals surface area contributed by atoms with Gasteiger partial charge < -0.3 is 30.8 Å². The van der Waals surface area contributed by atoms with Crippen molar-refractivity contribution in [1.29, 1.82) is 0 Å². The maximum absolute atomic E-state index is 14.0. The molecule has 0 radical (unpaired) electrons. The van der Waals surface area contributed by atoms with Crippen LogP contribution in [0.25, 0.3) is 39.3 Å². The number of carbonyl (C=O) groups is 3. The number of aliphatic carboxylic acids is 1. The summed E-state index contributed by atoms with van der Waals surface area (Å²) in [7, 11) is 1.25. The van der Waals surface area contributed by atoms with E-state index in [9.17, 15) is 19.5 Å². The first kappa shape index (κ1) is 37.4. The molecule has 0 saturated heterocycles. The van der Waals surface area contributed by atoms with Crippen molar-refractivity contribution in [3.8, 4) is 0 Å². The molecule has 5 heterocycles. The maximum Gasteiger partial charge on any atom is 2.00 e. The zero-order valence-corrected chi connectivity index (χ0v) is 28.9. The van der Waals surface area contributed by atoms with Gasteiger partial charge in [-0.3, -0.25) is 19.4 Å². The standard InChI is InChI=1S/C35H36N4O5.Mg.2H2O/c1-8-19-15(3)22-12-24-17(5)21(10-11-28(40)41)32(38-24)30-31(35(43)44-7)34(42)29-18(6)25(39-33(29)30)14-27-20(9-2)16(4)23(37-27)13-26(19)36-22;;;/h8,12-14,17,21,31H,1,9-11H2,2-7H3,(H3,36,37,38,39,40,41,42);;2*1H2/q;+2;;/p-2/t17-,21-,31+;;;/m0.../s1. The van der Waals surface area contributed by atoms with Crippen LogP contribution in [0.2, 0.25) is 0 Å². The third-order valence-electron chi connectivity index (χ3n) is 9.41. The van der Waals surface area contributed by atoms with E-state index in [-0.39, 0.29) is 64.5 Å². The number of carboxylic acid groups (broad SMARTS) is 1. The summed E-state index contributed by atoms with van der Waals surface area (Å²) in [6, 6.07) is 5.80. The Hall–Kier alpha value is -4.10. The van der Waals surface area contributed by atoms with Gasteiger partial charge in [0, 0.05) is 35.2 Å². The number of nitrogens with zero attached hydrogens (tertiary/aromatic N) is 4. The predicted octanol–water partition coefficient (Wildman–Crippen LogP) is 4.35. The molecule has 0 unspecified atom stereocenters. The van der Waals surface area contributed by atoms with Gasteiger partial charge in [-0.2, -0.15) is 0 Å². The molecule has 2 aliphatic heterocycles. The third-order valence-corrected chi connectivity index (χ3v) is 9.41. The summed E-state index contributed by atoms with van der Waals surface area (Å²) in [6.07, 6.45) is 2.72. The van der Waals surface area contributed by atoms with Gasteiger partial charge in [0.05, 0.1) is 18.5 Å². The van der Waals surface area contributed by atoms with Crippen LogP contribution in [0.15, 0.2) is 24.8 Å². The molecule has 1 aliphatic carbocycles. The zero-order chi connectivity index (χ0) is 31.6. The molecule has 6 rings (SSSR count). The normalized spacial score (nSPS) is 17.8. The van der Waals surface area contributed by atoms with Crippen LogP contribution in [0.5, 0.6) is 0 Å². The molecule has 5 N–H and O–H groups in total. The molecule has 12 heteroatoms. The van der Waals surface area contributed by atoms with Gasteiger partial charge in [0.2, 0.25) is 0 Å². The number of esters is 1. The van der Waals surface area contributed by atoms with E-state index in [0.29, 0.717) is 39.1 Å². The first-order valence-electron chi connectivity index (χ1n) is 14.8. The summed E-state index contributed by atoms with van der Waals surface area (Å²) >= 11 is 0. The molecule has 0 spiro atoms. The SMILES string of the molecule is C=Cc1c(C)c2cc3nc(c4c5[n-]c(cc6nc(cc1[n-]2)C(C)=C6CC)c(C)c5C(=O)[C@@H]4C(=O)OC)[C@@H](CCC(=O)O)[C@@H]3C.O.O.[Mg+2]. The van der Waals surface area contributed by atoms with Gasteiger partial charge in [-0.05, 0) is 55.9 Å². The summed E-state index contributed by atoms with van der Waals surface area (Å²) in [5, 5.41) is 9.59. The van der Waals surface area contributed by atoms with Crippen LogP contribution < -0.4 is 9.97 Å². The fourth-order valence-corrected chi connectivity index (χ4v) is 6.93. The number of aryl methyl sites for hydroxylation is 2. The largest absolute Gasteiger partial charge is 2.00 e. The van der Waals surface area contributed by atoms with Gasteiger partial charge in [0.25, 0.3) is 0 Å². The number of fused-ring (bicyclic) bond motifs is 8. The summed E-state index contributed by atoms with van der Waals surface area (Å²) in [4.78, 5) is 58.8. The number of ether oxygens (including phenoxy) is 1. The number of ketones is 1. The number of hydrogen-bond acceptors (Lipinski definition) is 6. The number of allylic oxidation sites excluding steroid dienone is 2. The fraction of sp³-hybridized carbons (Fsp3) is 0.343. The molecule has 3 atom stereocenters. The van der Waals surface area contributed by atoms with Crippen LogP contribution in [0, 0.1) is 13.8 Å². The Morgan fingerprint density at radius 2 is 1.68 bits per heavy atom. The van der Waals surface area contributed by atoms with Crippen molar-refractivity contribution >= 4 is 80.1 Å². The molecule has 3 aliphatic rings. The molecule has 3 aromatic rings. The Balaban J connectivity index is 0.00000200. The van der Waals surface area contributed by atoms with E-state index in [1.54, 1.807) is 6.08 Å². The average molecular weight is 651 g/mol. The smallest absolute Gasteiger partial charge is 0.657 e. The van der Waals surface area contributed by atoms with Crippen molar-refractivity contribution in [3.63, 3.8) is 0 Å². The molecule has 0 fully saturated rings. The second-order valence-corrected chi connectivity index (χ2v) is 11.7. The number of rotatable bonds is 6. The van der Waals surface area contributed by atoms with E-state index >= 15 is 0 Å². The number of Topliss-reactive ketones (excluding diaryl/α,β-unsaturated/α-hetero) is 1. The average Bonchev–Trinajstić information content (AvgIpc) is 3.72. The topological polar surface area (TPSA) is 198 Å². The summed E-state index contributed by atoms with van der Waals surface area (Å²) in [5.41, 5.74) is 10.6. The van der Waals surface area contributed by atoms with Crippen molar-refractivity contribution in [3.05, 3.63) is 75.4 Å². The molecule has 242 valence electrons. The van der Waals surface area contributed by atoms with Gasteiger partial charge in [-0.15, -0.1) is 22.1 Å². The van der Waals surface area contributed by atoms with Crippen LogP contribution in [0.1, 0.15) is 113 Å². The van der Waals surface area contributed by atoms with Gasteiger partial charge in [0.1, 0.15) is 5.92 Å². The Morgan fingerprint density at radius 3 is 2.30 bits per heavy atom. The molecule has 0 aromatic carbocycles. The monoisotopic (exact) mass is 650 g/mol. The number of hydrogen-bond donors (Lipinski definition) is 1. The van der Waals surface area contributed by atoms with E-state index in [0.717, 1.165) is 51.1 Å². The number of aromatic nitrogens is 4. The number of methoxy groups -OCH3 is 1. The quantitative estimate of drug-likeness (QED) is 0.229. The first-order valence-corrected chi connectivity index (χ1v) is 14.8. The summed E-state index contributed by atoms with van der Waals surface area (Å²) in [6.45, 7) is 14.0. The second kappa shape index (κ2) is 13.9. The minimum absolute atomic E-state index is 0. The molecular formula is C35H38MgN4O7. The third kappa shape index (κ3) is 5.84. The van der Waals surface area contributed by atoms with Crippen LogP contribution in [-0.2, 0) is 14.3 Å². The van der Waals surface area contributed by atoms with E-state index in [1.165, 1.54) is 7.11 Å². The van der Waals surface area contributed by atoms with Crippen molar-refractivity contribution in [1.82, 2.24) is 19.9 Å². The molecule has 47 heavy (non-hydrogen) atoms. The molecule has 0 amide bonds. The molecule has 0 saturated carbocycles. The summed E-state index contributed by atoms with van der Waals surface area (Å²) < 4.78 is 5.11. The van der Waals surface area contributed by atoms with E-state index in [1.807, 2.05) is 45.9 Å². The van der Waals surface area contributed by atoms with Crippen molar-refractivity contribution in [2.45, 2.75) is 71.6 Å². The summed E-state index contributed by atoms with van der Waals surface area (Å²) in [5.74, 6) is -3.82. The van der Waals surface area contributed by atoms with Crippen LogP contribution in [0.3, 0.4) is 0 Å². The minimum atomic E-state index is -1.23. The van der Waals surface area contributed by atoms with Crippen LogP contribution >= 0.6 is 0 Å². The minimum Gasteiger partial charge on any atom is -0.657 e. The Labute approximate surface area is 288 Å². The zero-order valence-electron chi connectivity index (χ0n) is 27.4. The number of carboxylic acids is 1. The maximum atomic E-state index is 14.0. The van der Waals surface area contributed by atoms with E-state index in [4.69, 9.17) is 24.7 Å². The predicted molar refractivity (Wildman–Crippen MR) is 181 cm³/mol. The Morgan fingerprint density at radius 1 is 1.02 bits per heavy atom. The van der Waals surface area contributed by atoms with Crippen LogP contribution in [0.4, 0.5) is 0 Å². The van der Waals surface area contributed by atoms with Gasteiger partial charge >= 0.3 is 35.0 Å². The van der Waals surface area contributed by atoms with Gasteiger partial charge in [-0.1, -0.05) is 55.8 Å². The van der Waals surface area contributed by atoms with E-state index < -0.39 is 17.9 Å². The molecular weight excluding hydrogens is 613 g/mol. The first-order chi connectivity index (χ1) is 21.0. The molecule has 11 nitrogen and oxygen atoms in total. The fourth-order valence-electron chi connectivity index (χ4n) is 6.93. The van der Waals surface area contributed by atoms with Crippen molar-refractivity contribution < 1.29 is 35.2 Å². The van der Waals surface area contributed by atoms with Crippen LogP contribution in [-0.4, -0.2) is 73.9 Å². The Bertz CT molecular complexity index is 2010. The van der Waals surface area contributed by atoms with E-state index in [2.05, 4.69) is 13.5 Å². The Kier molecular flexibility index (Phi) is 11.1. The van der Waals surface area contributed by atoms with Crippen molar-refractivity contribution in [2.75, 3.05) is 7.11 Å². The second-order valence-electron chi connectivity index (χ2n) is 11.7. The number of carbonyl (C=O) groups excluding carboxylic acids is 2. The molecule has 3 aromatic heterocycles. The van der Waals surface area contributed by atoms with Gasteiger partial charge in [-0.25, -0.2) is 4.98 Å². The van der Waals surface area contributed by atoms with Gasteiger partial charge in [0.15, 0.2) is 5.78 Å². The van der Waals surface area contributed by atoms with Crippen molar-refractivity contribution in [2.24, 2.45) is 0 Å².